The smallest absolute Gasteiger partial charge is 0.330 e. The first-order chi connectivity index (χ1) is 9.47. The van der Waals surface area contributed by atoms with Gasteiger partial charge in [-0.2, -0.15) is 0 Å². The van der Waals surface area contributed by atoms with E-state index in [1.54, 1.807) is 0 Å². The van der Waals surface area contributed by atoms with E-state index in [9.17, 15) is 4.79 Å². The van der Waals surface area contributed by atoms with Gasteiger partial charge >= 0.3 is 5.97 Å². The van der Waals surface area contributed by atoms with E-state index in [1.165, 1.54) is 12.5 Å². The number of rotatable bonds is 7. The summed E-state index contributed by atoms with van der Waals surface area (Å²) in [6, 6.07) is 0. The van der Waals surface area contributed by atoms with Crippen molar-refractivity contribution in [2.75, 3.05) is 13.2 Å². The number of unbranched alkanes of at least 4 members (excludes halogenated alkanes) is 2. The summed E-state index contributed by atoms with van der Waals surface area (Å²) in [5.74, 6) is -0.274. The van der Waals surface area contributed by atoms with E-state index >= 15 is 0 Å². The lowest BCUT2D eigenvalue weighted by Crippen LogP contribution is -2.22. The largest absolute Gasteiger partial charge is 0.457 e. The number of hydrogen-bond donors (Lipinski definition) is 0. The molecule has 0 amide bonds. The van der Waals surface area contributed by atoms with Crippen molar-refractivity contribution in [1.82, 2.24) is 0 Å². The molecular weight excluding hydrogens is 256 g/mol. The van der Waals surface area contributed by atoms with Gasteiger partial charge in [-0.1, -0.05) is 6.08 Å². The summed E-state index contributed by atoms with van der Waals surface area (Å²) in [5.41, 5.74) is -0.421. The van der Waals surface area contributed by atoms with Crippen LogP contribution in [0.1, 0.15) is 59.3 Å². The van der Waals surface area contributed by atoms with Crippen LogP contribution in [0.2, 0.25) is 0 Å². The molecular formula is C16H28O4. The molecule has 0 saturated carbocycles. The maximum Gasteiger partial charge on any atom is 0.330 e. The Morgan fingerprint density at radius 2 is 2.10 bits per heavy atom. The fourth-order valence-electron chi connectivity index (χ4n) is 1.94. The van der Waals surface area contributed by atoms with Gasteiger partial charge in [-0.25, -0.2) is 4.79 Å². The molecule has 4 nitrogen and oxygen atoms in total. The molecule has 116 valence electrons. The second-order valence-corrected chi connectivity index (χ2v) is 6.10. The van der Waals surface area contributed by atoms with Crippen LogP contribution < -0.4 is 0 Å². The molecule has 0 aliphatic carbocycles. The number of carbonyl (C=O) groups excluding carboxylic acids is 1. The van der Waals surface area contributed by atoms with Crippen molar-refractivity contribution < 1.29 is 19.0 Å². The fourth-order valence-corrected chi connectivity index (χ4v) is 1.94. The summed E-state index contributed by atoms with van der Waals surface area (Å²) in [6.45, 7) is 7.14. The van der Waals surface area contributed by atoms with Gasteiger partial charge < -0.3 is 14.2 Å². The molecule has 1 saturated heterocycles. The quantitative estimate of drug-likeness (QED) is 0.407. The van der Waals surface area contributed by atoms with Crippen LogP contribution in [0.5, 0.6) is 0 Å². The molecule has 1 atom stereocenters. The summed E-state index contributed by atoms with van der Waals surface area (Å²) in [7, 11) is 0. The van der Waals surface area contributed by atoms with Gasteiger partial charge in [0.25, 0.3) is 0 Å². The fraction of sp³-hybridized carbons (Fsp3) is 0.812. The van der Waals surface area contributed by atoms with E-state index in [1.807, 2.05) is 26.8 Å². The van der Waals surface area contributed by atoms with E-state index in [0.29, 0.717) is 0 Å². The molecule has 0 radical (unpaired) electrons. The zero-order valence-electron chi connectivity index (χ0n) is 13.0. The van der Waals surface area contributed by atoms with Gasteiger partial charge in [0.15, 0.2) is 6.29 Å². The Balaban J connectivity index is 1.97. The SMILES string of the molecule is CC(C)(C)OC(=O)/C=C/CCCCOC1CCCCO1. The molecule has 0 aromatic heterocycles. The molecule has 1 heterocycles. The minimum absolute atomic E-state index is 0.000977. The predicted octanol–water partition coefficient (Wildman–Crippen LogP) is 3.60. The first-order valence-electron chi connectivity index (χ1n) is 7.60. The van der Waals surface area contributed by atoms with Crippen molar-refractivity contribution in [3.8, 4) is 0 Å². The Kier molecular flexibility index (Phi) is 7.85. The molecule has 1 fully saturated rings. The molecule has 0 aromatic rings. The zero-order valence-corrected chi connectivity index (χ0v) is 13.0. The Morgan fingerprint density at radius 1 is 1.30 bits per heavy atom. The minimum atomic E-state index is -0.421. The maximum absolute atomic E-state index is 11.4. The van der Waals surface area contributed by atoms with Gasteiger partial charge in [-0.15, -0.1) is 0 Å². The number of ether oxygens (including phenoxy) is 3. The van der Waals surface area contributed by atoms with Crippen molar-refractivity contribution >= 4 is 5.97 Å². The standard InChI is InChI=1S/C16H28O4/c1-16(2,3)20-14(17)10-6-4-5-8-12-18-15-11-7-9-13-19-15/h6,10,15H,4-5,7-9,11-13H2,1-3H3/b10-6+. The van der Waals surface area contributed by atoms with Gasteiger partial charge in [0.05, 0.1) is 0 Å². The first kappa shape index (κ1) is 17.2. The van der Waals surface area contributed by atoms with Gasteiger partial charge in [-0.05, 0) is 59.3 Å². The third-order valence-electron chi connectivity index (χ3n) is 2.87. The van der Waals surface area contributed by atoms with Crippen molar-refractivity contribution in [3.63, 3.8) is 0 Å². The van der Waals surface area contributed by atoms with E-state index in [2.05, 4.69) is 0 Å². The van der Waals surface area contributed by atoms with Crippen LogP contribution in [0.15, 0.2) is 12.2 Å². The van der Waals surface area contributed by atoms with E-state index in [-0.39, 0.29) is 12.3 Å². The lowest BCUT2D eigenvalue weighted by molar-refractivity contribution is -0.162. The molecule has 1 rings (SSSR count). The molecule has 0 N–H and O–H groups in total. The Labute approximate surface area is 122 Å². The van der Waals surface area contributed by atoms with Crippen LogP contribution in [0, 0.1) is 0 Å². The van der Waals surface area contributed by atoms with Crippen LogP contribution >= 0.6 is 0 Å². The second-order valence-electron chi connectivity index (χ2n) is 6.10. The highest BCUT2D eigenvalue weighted by atomic mass is 16.7. The van der Waals surface area contributed by atoms with Gasteiger partial charge in [0.1, 0.15) is 5.60 Å². The normalized spacial score (nSPS) is 20.2. The highest BCUT2D eigenvalue weighted by Crippen LogP contribution is 2.14. The minimum Gasteiger partial charge on any atom is -0.457 e. The predicted molar refractivity (Wildman–Crippen MR) is 78.4 cm³/mol. The molecule has 0 spiro atoms. The highest BCUT2D eigenvalue weighted by molar-refractivity contribution is 5.82. The van der Waals surface area contributed by atoms with Gasteiger partial charge in [0.2, 0.25) is 0 Å². The molecule has 1 aliphatic heterocycles. The average Bonchev–Trinajstić information content (AvgIpc) is 2.37. The van der Waals surface area contributed by atoms with Gasteiger partial charge in [-0.3, -0.25) is 0 Å². The summed E-state index contributed by atoms with van der Waals surface area (Å²) >= 11 is 0. The summed E-state index contributed by atoms with van der Waals surface area (Å²) in [5, 5.41) is 0. The molecule has 1 aliphatic rings. The van der Waals surface area contributed by atoms with Gasteiger partial charge in [0, 0.05) is 19.3 Å². The van der Waals surface area contributed by atoms with Crippen molar-refractivity contribution in [1.29, 1.82) is 0 Å². The van der Waals surface area contributed by atoms with Crippen LogP contribution in [-0.4, -0.2) is 31.1 Å². The molecule has 20 heavy (non-hydrogen) atoms. The number of hydrogen-bond acceptors (Lipinski definition) is 4. The third kappa shape index (κ3) is 9.10. The molecule has 0 aromatic carbocycles. The summed E-state index contributed by atoms with van der Waals surface area (Å²) in [6.07, 6.45) is 9.60. The van der Waals surface area contributed by atoms with Crippen molar-refractivity contribution in [3.05, 3.63) is 12.2 Å². The zero-order chi connectivity index (χ0) is 14.8. The maximum atomic E-state index is 11.4. The van der Waals surface area contributed by atoms with Crippen LogP contribution in [-0.2, 0) is 19.0 Å². The summed E-state index contributed by atoms with van der Waals surface area (Å²) < 4.78 is 16.3. The number of allylic oxidation sites excluding steroid dienone is 1. The van der Waals surface area contributed by atoms with Crippen molar-refractivity contribution in [2.24, 2.45) is 0 Å². The average molecular weight is 284 g/mol. The third-order valence-corrected chi connectivity index (χ3v) is 2.87. The van der Waals surface area contributed by atoms with E-state index in [4.69, 9.17) is 14.2 Å². The van der Waals surface area contributed by atoms with E-state index < -0.39 is 5.60 Å². The van der Waals surface area contributed by atoms with Crippen LogP contribution in [0.25, 0.3) is 0 Å². The lowest BCUT2D eigenvalue weighted by atomic mass is 10.2. The monoisotopic (exact) mass is 284 g/mol. The summed E-state index contributed by atoms with van der Waals surface area (Å²) in [4.78, 5) is 11.4. The molecule has 1 unspecified atom stereocenters. The Hall–Kier alpha value is -0.870. The second kappa shape index (κ2) is 9.14. The van der Waals surface area contributed by atoms with Crippen LogP contribution in [0.4, 0.5) is 0 Å². The Morgan fingerprint density at radius 3 is 2.75 bits per heavy atom. The topological polar surface area (TPSA) is 44.8 Å². The highest BCUT2D eigenvalue weighted by Gasteiger charge is 2.14. The van der Waals surface area contributed by atoms with Crippen molar-refractivity contribution in [2.45, 2.75) is 71.2 Å². The van der Waals surface area contributed by atoms with E-state index in [0.717, 1.165) is 45.3 Å². The Bertz CT molecular complexity index is 298. The molecule has 0 bridgehead atoms. The lowest BCUT2D eigenvalue weighted by Gasteiger charge is -2.22. The number of carbonyl (C=O) groups is 1. The molecule has 4 heteroatoms. The first-order valence-corrected chi connectivity index (χ1v) is 7.60. The number of esters is 1. The van der Waals surface area contributed by atoms with Crippen LogP contribution in [0.3, 0.4) is 0 Å².